The summed E-state index contributed by atoms with van der Waals surface area (Å²) >= 11 is 0. The predicted octanol–water partition coefficient (Wildman–Crippen LogP) is 4.97. The van der Waals surface area contributed by atoms with Crippen LogP contribution in [0.15, 0.2) is 65.1 Å². The summed E-state index contributed by atoms with van der Waals surface area (Å²) in [6.07, 6.45) is 0. The summed E-state index contributed by atoms with van der Waals surface area (Å²) in [4.78, 5) is 28.0. The Morgan fingerprint density at radius 2 is 1.93 bits per heavy atom. The van der Waals surface area contributed by atoms with Crippen LogP contribution in [0.1, 0.15) is 15.9 Å². The Bertz CT molecular complexity index is 1250. The molecule has 0 aliphatic carbocycles. The number of nitro benzene ring substituents is 1. The maximum Gasteiger partial charge on any atom is 0.273 e. The van der Waals surface area contributed by atoms with E-state index in [2.05, 4.69) is 10.3 Å². The lowest BCUT2D eigenvalue weighted by Crippen LogP contribution is -2.14. The first kappa shape index (κ1) is 19.1. The number of nitrogens with zero attached hydrogens (tertiary/aromatic N) is 2. The van der Waals surface area contributed by atoms with Gasteiger partial charge in [0.05, 0.1) is 17.7 Å². The zero-order chi connectivity index (χ0) is 21.3. The van der Waals surface area contributed by atoms with Crippen molar-refractivity contribution in [3.63, 3.8) is 0 Å². The van der Waals surface area contributed by atoms with E-state index in [-0.39, 0.29) is 16.8 Å². The van der Waals surface area contributed by atoms with Crippen molar-refractivity contribution in [2.24, 2.45) is 0 Å². The number of nitrogens with one attached hydrogen (secondary N) is 1. The molecule has 0 unspecified atom stereocenters. The molecule has 1 N–H and O–H groups in total. The van der Waals surface area contributed by atoms with Gasteiger partial charge in [-0.15, -0.1) is 0 Å². The van der Waals surface area contributed by atoms with Crippen molar-refractivity contribution in [3.05, 3.63) is 81.9 Å². The molecule has 4 aromatic rings. The summed E-state index contributed by atoms with van der Waals surface area (Å²) in [5.41, 5.74) is 2.80. The fourth-order valence-corrected chi connectivity index (χ4v) is 3.19. The average molecular weight is 403 g/mol. The van der Waals surface area contributed by atoms with E-state index in [9.17, 15) is 14.9 Å². The van der Waals surface area contributed by atoms with E-state index in [0.717, 1.165) is 5.52 Å². The van der Waals surface area contributed by atoms with Crippen LogP contribution in [-0.4, -0.2) is 22.9 Å². The molecule has 8 heteroatoms. The molecule has 8 nitrogen and oxygen atoms in total. The molecule has 4 rings (SSSR count). The van der Waals surface area contributed by atoms with Crippen molar-refractivity contribution in [2.45, 2.75) is 6.92 Å². The molecule has 150 valence electrons. The molecule has 30 heavy (non-hydrogen) atoms. The van der Waals surface area contributed by atoms with Gasteiger partial charge in [0.25, 0.3) is 11.6 Å². The van der Waals surface area contributed by atoms with Gasteiger partial charge in [0.2, 0.25) is 5.89 Å². The van der Waals surface area contributed by atoms with Gasteiger partial charge in [0.15, 0.2) is 5.58 Å². The van der Waals surface area contributed by atoms with E-state index in [1.165, 1.54) is 25.3 Å². The minimum Gasteiger partial charge on any atom is -0.495 e. The lowest BCUT2D eigenvalue weighted by molar-refractivity contribution is -0.385. The van der Waals surface area contributed by atoms with E-state index < -0.39 is 10.8 Å². The molecule has 1 heterocycles. The monoisotopic (exact) mass is 403 g/mol. The lowest BCUT2D eigenvalue weighted by atomic mass is 10.1. The highest BCUT2D eigenvalue weighted by molar-refractivity contribution is 6.06. The minimum atomic E-state index is -0.513. The summed E-state index contributed by atoms with van der Waals surface area (Å²) in [7, 11) is 1.49. The fraction of sp³-hybridized carbons (Fsp3) is 0.0909. The first-order chi connectivity index (χ1) is 14.5. The molecule has 1 amide bonds. The second-order valence-corrected chi connectivity index (χ2v) is 6.56. The van der Waals surface area contributed by atoms with E-state index in [4.69, 9.17) is 9.15 Å². The van der Waals surface area contributed by atoms with Crippen molar-refractivity contribution in [1.82, 2.24) is 4.98 Å². The van der Waals surface area contributed by atoms with E-state index in [1.54, 1.807) is 25.1 Å². The summed E-state index contributed by atoms with van der Waals surface area (Å²) in [5.74, 6) is 0.358. The van der Waals surface area contributed by atoms with Crippen molar-refractivity contribution >= 4 is 28.4 Å². The van der Waals surface area contributed by atoms with Crippen LogP contribution in [-0.2, 0) is 0 Å². The number of para-hydroxylation sites is 2. The number of carbonyl (C=O) groups excluding carboxylic acids is 1. The van der Waals surface area contributed by atoms with Gasteiger partial charge in [-0.05, 0) is 43.3 Å². The van der Waals surface area contributed by atoms with Gasteiger partial charge in [0, 0.05) is 22.8 Å². The number of rotatable bonds is 5. The van der Waals surface area contributed by atoms with Gasteiger partial charge >= 0.3 is 0 Å². The summed E-state index contributed by atoms with van der Waals surface area (Å²) < 4.78 is 11.1. The summed E-state index contributed by atoms with van der Waals surface area (Å²) in [6.45, 7) is 1.54. The molecule has 0 aliphatic rings. The number of oxazole rings is 1. The molecule has 0 bridgehead atoms. The fourth-order valence-electron chi connectivity index (χ4n) is 3.19. The van der Waals surface area contributed by atoms with Gasteiger partial charge in [-0.25, -0.2) is 4.98 Å². The number of fused-ring (bicyclic) bond motifs is 1. The number of amides is 1. The number of nitro groups is 1. The zero-order valence-corrected chi connectivity index (χ0v) is 16.2. The Kier molecular flexibility index (Phi) is 4.89. The van der Waals surface area contributed by atoms with Crippen LogP contribution in [0.3, 0.4) is 0 Å². The maximum absolute atomic E-state index is 12.8. The Morgan fingerprint density at radius 3 is 2.67 bits per heavy atom. The Hall–Kier alpha value is -4.20. The maximum atomic E-state index is 12.8. The van der Waals surface area contributed by atoms with Crippen LogP contribution in [0.4, 0.5) is 11.4 Å². The van der Waals surface area contributed by atoms with Crippen molar-refractivity contribution in [3.8, 4) is 17.2 Å². The van der Waals surface area contributed by atoms with Gasteiger partial charge in [-0.2, -0.15) is 0 Å². The number of carbonyl (C=O) groups is 1. The Morgan fingerprint density at radius 1 is 1.13 bits per heavy atom. The molecule has 0 aliphatic heterocycles. The number of aromatic nitrogens is 1. The van der Waals surface area contributed by atoms with Crippen molar-refractivity contribution < 1.29 is 18.9 Å². The van der Waals surface area contributed by atoms with E-state index >= 15 is 0 Å². The van der Waals surface area contributed by atoms with Gasteiger partial charge in [0.1, 0.15) is 11.3 Å². The number of hydrogen-bond donors (Lipinski definition) is 1. The van der Waals surface area contributed by atoms with Crippen LogP contribution >= 0.6 is 0 Å². The highest BCUT2D eigenvalue weighted by atomic mass is 16.6. The zero-order valence-electron chi connectivity index (χ0n) is 16.2. The number of ether oxygens (including phenoxy) is 1. The molecule has 0 saturated carbocycles. The highest BCUT2D eigenvalue weighted by Gasteiger charge is 2.20. The number of hydrogen-bond acceptors (Lipinski definition) is 6. The minimum absolute atomic E-state index is 0.116. The molecule has 0 radical (unpaired) electrons. The molecule has 0 spiro atoms. The number of benzene rings is 3. The smallest absolute Gasteiger partial charge is 0.273 e. The first-order valence-electron chi connectivity index (χ1n) is 9.07. The van der Waals surface area contributed by atoms with Crippen LogP contribution in [0, 0.1) is 17.0 Å². The third-order valence-corrected chi connectivity index (χ3v) is 4.74. The van der Waals surface area contributed by atoms with Crippen molar-refractivity contribution in [2.75, 3.05) is 12.4 Å². The highest BCUT2D eigenvalue weighted by Crippen LogP contribution is 2.32. The van der Waals surface area contributed by atoms with Crippen LogP contribution in [0.5, 0.6) is 5.75 Å². The first-order valence-corrected chi connectivity index (χ1v) is 9.07. The largest absolute Gasteiger partial charge is 0.495 e. The molecular formula is C22H17N3O5. The Balaban J connectivity index is 1.70. The normalized spacial score (nSPS) is 10.7. The second kappa shape index (κ2) is 7.67. The average Bonchev–Trinajstić information content (AvgIpc) is 3.18. The quantitative estimate of drug-likeness (QED) is 0.372. The van der Waals surface area contributed by atoms with Crippen LogP contribution in [0.2, 0.25) is 0 Å². The molecule has 0 atom stereocenters. The van der Waals surface area contributed by atoms with Crippen molar-refractivity contribution in [1.29, 1.82) is 0 Å². The third kappa shape index (κ3) is 3.46. The van der Waals surface area contributed by atoms with E-state index in [1.807, 2.05) is 24.3 Å². The molecule has 0 fully saturated rings. The number of anilines is 1. The molecule has 0 saturated heterocycles. The van der Waals surface area contributed by atoms with E-state index in [0.29, 0.717) is 28.5 Å². The topological polar surface area (TPSA) is 108 Å². The molecule has 3 aromatic carbocycles. The van der Waals surface area contributed by atoms with Crippen LogP contribution < -0.4 is 10.1 Å². The van der Waals surface area contributed by atoms with Gasteiger partial charge in [-0.1, -0.05) is 18.2 Å². The standard InChI is InChI=1S/C22H17N3O5/c1-13-15(6-5-8-18(13)25(27)28)21(26)23-17-12-14(10-11-19(17)29-2)22-24-16-7-3-4-9-20(16)30-22/h3-12H,1-2H3,(H,23,26). The van der Waals surface area contributed by atoms with Gasteiger partial charge in [-0.3, -0.25) is 14.9 Å². The second-order valence-electron chi connectivity index (χ2n) is 6.56. The predicted molar refractivity (Wildman–Crippen MR) is 112 cm³/mol. The molecular weight excluding hydrogens is 386 g/mol. The molecule has 1 aromatic heterocycles. The summed E-state index contributed by atoms with van der Waals surface area (Å²) in [5, 5.41) is 13.9. The SMILES string of the molecule is COc1ccc(-c2nc3ccccc3o2)cc1NC(=O)c1cccc([N+](=O)[O-])c1C. The Labute approximate surface area is 171 Å². The van der Waals surface area contributed by atoms with Gasteiger partial charge < -0.3 is 14.5 Å². The third-order valence-electron chi connectivity index (χ3n) is 4.74. The number of methoxy groups -OCH3 is 1. The lowest BCUT2D eigenvalue weighted by Gasteiger charge is -2.12. The summed E-state index contributed by atoms with van der Waals surface area (Å²) in [6, 6.07) is 16.9. The van der Waals surface area contributed by atoms with Crippen LogP contribution in [0.25, 0.3) is 22.6 Å².